The van der Waals surface area contributed by atoms with Crippen LogP contribution in [0.3, 0.4) is 0 Å². The maximum Gasteiger partial charge on any atom is 0.330 e. The minimum Gasteiger partial charge on any atom is -0.467 e. The average molecular weight is 359 g/mol. The summed E-state index contributed by atoms with van der Waals surface area (Å²) in [5, 5.41) is 1.81. The second kappa shape index (κ2) is 7.43. The smallest absolute Gasteiger partial charge is 0.330 e. The number of hydrogen-bond acceptors (Lipinski definition) is 6. The van der Waals surface area contributed by atoms with Crippen LogP contribution in [0.2, 0.25) is 0 Å². The lowest BCUT2D eigenvalue weighted by molar-refractivity contribution is -0.147. The highest BCUT2D eigenvalue weighted by molar-refractivity contribution is 7.12. The van der Waals surface area contributed by atoms with Crippen molar-refractivity contribution in [2.45, 2.75) is 6.04 Å². The molecule has 1 atom stereocenters. The van der Waals surface area contributed by atoms with E-state index < -0.39 is 12.0 Å². The fourth-order valence-electron chi connectivity index (χ4n) is 2.76. The molecule has 0 saturated carbocycles. The minimum atomic E-state index is -0.825. The largest absolute Gasteiger partial charge is 0.467 e. The topological polar surface area (TPSA) is 79.8 Å². The predicted molar refractivity (Wildman–Crippen MR) is 91.3 cm³/mol. The summed E-state index contributed by atoms with van der Waals surface area (Å²) in [4.78, 5) is 45.0. The van der Waals surface area contributed by atoms with E-state index in [4.69, 9.17) is 4.74 Å². The monoisotopic (exact) mass is 359 g/mol. The zero-order valence-electron chi connectivity index (χ0n) is 13.6. The van der Waals surface area contributed by atoms with Gasteiger partial charge in [-0.25, -0.2) is 4.79 Å². The standard InChI is InChI=1S/C17H17N3O4S/c1-24-17(23)13-11-19(15(21)12-4-2-6-18-10-12)7-8-20(13)16(22)14-5-3-9-25-14/h2-6,9-10,13H,7-8,11H2,1H3/t13-/m1/s1. The van der Waals surface area contributed by atoms with Gasteiger partial charge in [0.2, 0.25) is 0 Å². The molecule has 3 rings (SSSR count). The van der Waals surface area contributed by atoms with Crippen LogP contribution in [0.25, 0.3) is 0 Å². The Morgan fingerprint density at radius 3 is 2.68 bits per heavy atom. The third-order valence-electron chi connectivity index (χ3n) is 4.04. The van der Waals surface area contributed by atoms with Gasteiger partial charge in [0, 0.05) is 25.5 Å². The first-order chi connectivity index (χ1) is 12.1. The first-order valence-corrected chi connectivity index (χ1v) is 8.61. The molecule has 130 valence electrons. The first-order valence-electron chi connectivity index (χ1n) is 7.73. The van der Waals surface area contributed by atoms with Gasteiger partial charge in [-0.1, -0.05) is 6.07 Å². The van der Waals surface area contributed by atoms with Gasteiger partial charge >= 0.3 is 5.97 Å². The summed E-state index contributed by atoms with van der Waals surface area (Å²) in [7, 11) is 1.28. The number of thiophene rings is 1. The molecule has 1 fully saturated rings. The minimum absolute atomic E-state index is 0.0948. The van der Waals surface area contributed by atoms with Gasteiger partial charge in [0.15, 0.2) is 0 Å². The number of carbonyl (C=O) groups excluding carboxylic acids is 3. The molecular formula is C17H17N3O4S. The number of pyridine rings is 1. The van der Waals surface area contributed by atoms with E-state index in [0.717, 1.165) is 0 Å². The van der Waals surface area contributed by atoms with E-state index in [0.29, 0.717) is 17.0 Å². The number of piperazine rings is 1. The Morgan fingerprint density at radius 2 is 2.04 bits per heavy atom. The highest BCUT2D eigenvalue weighted by atomic mass is 32.1. The van der Waals surface area contributed by atoms with Gasteiger partial charge in [-0.3, -0.25) is 14.6 Å². The zero-order chi connectivity index (χ0) is 17.8. The Hall–Kier alpha value is -2.74. The van der Waals surface area contributed by atoms with Crippen LogP contribution < -0.4 is 0 Å². The summed E-state index contributed by atoms with van der Waals surface area (Å²) in [5.74, 6) is -0.974. The molecule has 3 heterocycles. The van der Waals surface area contributed by atoms with Crippen molar-refractivity contribution in [2.24, 2.45) is 0 Å². The third kappa shape index (κ3) is 3.53. The summed E-state index contributed by atoms with van der Waals surface area (Å²) >= 11 is 1.32. The van der Waals surface area contributed by atoms with Gasteiger partial charge in [0.05, 0.1) is 24.1 Å². The summed E-state index contributed by atoms with van der Waals surface area (Å²) in [6, 6.07) is 6.03. The van der Waals surface area contributed by atoms with Crippen LogP contribution in [0, 0.1) is 0 Å². The highest BCUT2D eigenvalue weighted by Gasteiger charge is 2.38. The van der Waals surface area contributed by atoms with E-state index >= 15 is 0 Å². The van der Waals surface area contributed by atoms with Crippen molar-refractivity contribution in [3.8, 4) is 0 Å². The van der Waals surface area contributed by atoms with Gasteiger partial charge in [-0.05, 0) is 23.6 Å². The van der Waals surface area contributed by atoms with Gasteiger partial charge in [-0.15, -0.1) is 11.3 Å². The molecule has 0 aliphatic carbocycles. The second-order valence-electron chi connectivity index (χ2n) is 5.51. The molecule has 0 N–H and O–H groups in total. The summed E-state index contributed by atoms with van der Waals surface area (Å²) in [6.45, 7) is 0.707. The highest BCUT2D eigenvalue weighted by Crippen LogP contribution is 2.19. The molecule has 0 unspecified atom stereocenters. The van der Waals surface area contributed by atoms with Gasteiger partial charge in [0.25, 0.3) is 11.8 Å². The third-order valence-corrected chi connectivity index (χ3v) is 4.90. The van der Waals surface area contributed by atoms with E-state index in [2.05, 4.69) is 4.98 Å². The van der Waals surface area contributed by atoms with Crippen molar-refractivity contribution in [1.82, 2.24) is 14.8 Å². The lowest BCUT2D eigenvalue weighted by Crippen LogP contribution is -2.59. The SMILES string of the molecule is COC(=O)[C@H]1CN(C(=O)c2cccnc2)CCN1C(=O)c1cccs1. The fourth-order valence-corrected chi connectivity index (χ4v) is 3.44. The number of esters is 1. The number of rotatable bonds is 3. The molecule has 1 aliphatic heterocycles. The molecule has 2 amide bonds. The number of amides is 2. The molecular weight excluding hydrogens is 342 g/mol. The van der Waals surface area contributed by atoms with E-state index in [1.165, 1.54) is 29.5 Å². The van der Waals surface area contributed by atoms with E-state index in [-0.39, 0.29) is 24.9 Å². The van der Waals surface area contributed by atoms with Crippen LogP contribution >= 0.6 is 11.3 Å². The number of aromatic nitrogens is 1. The fraction of sp³-hybridized carbons (Fsp3) is 0.294. The Labute approximate surface area is 148 Å². The van der Waals surface area contributed by atoms with Crippen LogP contribution in [-0.2, 0) is 9.53 Å². The van der Waals surface area contributed by atoms with Crippen molar-refractivity contribution in [3.05, 3.63) is 52.5 Å². The zero-order valence-corrected chi connectivity index (χ0v) is 14.4. The lowest BCUT2D eigenvalue weighted by Gasteiger charge is -2.39. The van der Waals surface area contributed by atoms with Gasteiger partial charge in [-0.2, -0.15) is 0 Å². The normalized spacial score (nSPS) is 17.2. The lowest BCUT2D eigenvalue weighted by atomic mass is 10.1. The Balaban J connectivity index is 1.80. The molecule has 25 heavy (non-hydrogen) atoms. The average Bonchev–Trinajstić information content (AvgIpc) is 3.21. The molecule has 1 aliphatic rings. The molecule has 7 nitrogen and oxygen atoms in total. The molecule has 0 radical (unpaired) electrons. The van der Waals surface area contributed by atoms with E-state index in [1.54, 1.807) is 35.4 Å². The first kappa shape index (κ1) is 17.1. The van der Waals surface area contributed by atoms with Crippen molar-refractivity contribution < 1.29 is 19.1 Å². The molecule has 0 aromatic carbocycles. The van der Waals surface area contributed by atoms with Crippen molar-refractivity contribution in [3.63, 3.8) is 0 Å². The van der Waals surface area contributed by atoms with E-state index in [9.17, 15) is 14.4 Å². The van der Waals surface area contributed by atoms with Crippen molar-refractivity contribution in [2.75, 3.05) is 26.7 Å². The molecule has 2 aromatic heterocycles. The van der Waals surface area contributed by atoms with Gasteiger partial charge in [0.1, 0.15) is 6.04 Å². The van der Waals surface area contributed by atoms with Crippen molar-refractivity contribution >= 4 is 29.1 Å². The van der Waals surface area contributed by atoms with Gasteiger partial charge < -0.3 is 14.5 Å². The quantitative estimate of drug-likeness (QED) is 0.772. The molecule has 2 aromatic rings. The van der Waals surface area contributed by atoms with Crippen molar-refractivity contribution in [1.29, 1.82) is 0 Å². The maximum absolute atomic E-state index is 12.7. The second-order valence-corrected chi connectivity index (χ2v) is 6.46. The summed E-state index contributed by atoms with van der Waals surface area (Å²) in [5.41, 5.74) is 0.448. The molecule has 8 heteroatoms. The van der Waals surface area contributed by atoms with E-state index in [1.807, 2.05) is 5.38 Å². The maximum atomic E-state index is 12.7. The molecule has 0 bridgehead atoms. The Bertz CT molecular complexity index is 763. The number of hydrogen-bond donors (Lipinski definition) is 0. The van der Waals surface area contributed by atoms with Crippen LogP contribution in [0.5, 0.6) is 0 Å². The molecule has 0 spiro atoms. The van der Waals surface area contributed by atoms with Crippen LogP contribution in [0.15, 0.2) is 42.0 Å². The molecule has 1 saturated heterocycles. The Morgan fingerprint density at radius 1 is 1.20 bits per heavy atom. The number of carbonyl (C=O) groups is 3. The van der Waals surface area contributed by atoms with Crippen LogP contribution in [0.1, 0.15) is 20.0 Å². The summed E-state index contributed by atoms with van der Waals surface area (Å²) in [6.07, 6.45) is 3.07. The Kier molecular flexibility index (Phi) is 5.08. The van der Waals surface area contributed by atoms with Crippen LogP contribution in [0.4, 0.5) is 0 Å². The number of nitrogens with zero attached hydrogens (tertiary/aromatic N) is 3. The number of ether oxygens (including phenoxy) is 1. The van der Waals surface area contributed by atoms with Crippen LogP contribution in [-0.4, -0.2) is 65.4 Å². The predicted octanol–water partition coefficient (Wildman–Crippen LogP) is 1.28. The summed E-state index contributed by atoms with van der Waals surface area (Å²) < 4.78 is 4.84. The number of methoxy groups -OCH3 is 1.